The lowest BCUT2D eigenvalue weighted by atomic mass is 9.96. The predicted octanol–water partition coefficient (Wildman–Crippen LogP) is 4.92. The number of pyridine rings is 1. The molecule has 2 aliphatic rings. The number of rotatable bonds is 4. The molecule has 0 saturated carbocycles. The van der Waals surface area contributed by atoms with Gasteiger partial charge in [0.2, 0.25) is 5.91 Å². The highest BCUT2D eigenvalue weighted by Gasteiger charge is 2.35. The quantitative estimate of drug-likeness (QED) is 0.800. The minimum absolute atomic E-state index is 0.0152. The van der Waals surface area contributed by atoms with Crippen molar-refractivity contribution in [3.63, 3.8) is 0 Å². The van der Waals surface area contributed by atoms with Crippen LogP contribution in [0.3, 0.4) is 0 Å². The summed E-state index contributed by atoms with van der Waals surface area (Å²) in [4.78, 5) is 18.9. The standard InChI is InChI=1S/C22H23ClN4O/c1-15-20(17-8-11-24-12-9-17)25-26-21(15)27-13-10-18(22(27)28)14-16-4-2-3-5-19(23)7-6-16/h4-9,11-12,18H,2-3,10,13-14H2,1H3,(H,25,26)/b7-6-,16-4+,19-5?. The fraction of sp³-hybridized carbons (Fsp3) is 0.318. The molecule has 1 amide bonds. The Morgan fingerprint density at radius 3 is 2.82 bits per heavy atom. The molecule has 1 atom stereocenters. The third-order valence-electron chi connectivity index (χ3n) is 5.38. The molecule has 6 heteroatoms. The number of H-pyrrole nitrogens is 1. The van der Waals surface area contributed by atoms with Gasteiger partial charge in [-0.3, -0.25) is 19.8 Å². The van der Waals surface area contributed by atoms with Gasteiger partial charge in [-0.15, -0.1) is 0 Å². The number of nitrogens with zero attached hydrogens (tertiary/aromatic N) is 3. The smallest absolute Gasteiger partial charge is 0.231 e. The summed E-state index contributed by atoms with van der Waals surface area (Å²) in [5, 5.41) is 8.30. The van der Waals surface area contributed by atoms with Gasteiger partial charge in [0, 0.05) is 41.0 Å². The monoisotopic (exact) mass is 394 g/mol. The highest BCUT2D eigenvalue weighted by molar-refractivity contribution is 6.31. The van der Waals surface area contributed by atoms with Crippen molar-refractivity contribution in [3.8, 4) is 11.3 Å². The zero-order valence-corrected chi connectivity index (χ0v) is 16.6. The Kier molecular flexibility index (Phi) is 5.44. The van der Waals surface area contributed by atoms with Crippen LogP contribution in [0.25, 0.3) is 11.3 Å². The third kappa shape index (κ3) is 3.80. The molecule has 1 aliphatic carbocycles. The van der Waals surface area contributed by atoms with E-state index in [2.05, 4.69) is 21.3 Å². The summed E-state index contributed by atoms with van der Waals surface area (Å²) in [5.74, 6) is 0.861. The molecule has 3 heterocycles. The highest BCUT2D eigenvalue weighted by Crippen LogP contribution is 2.34. The second kappa shape index (κ2) is 8.15. The minimum atomic E-state index is -0.0152. The van der Waals surface area contributed by atoms with Crippen LogP contribution in [-0.2, 0) is 4.79 Å². The van der Waals surface area contributed by atoms with Crippen LogP contribution in [0.15, 0.2) is 59.4 Å². The summed E-state index contributed by atoms with van der Waals surface area (Å²) in [7, 11) is 0. The van der Waals surface area contributed by atoms with Gasteiger partial charge in [0.25, 0.3) is 0 Å². The van der Waals surface area contributed by atoms with Crippen LogP contribution in [0, 0.1) is 12.8 Å². The molecule has 1 aliphatic heterocycles. The van der Waals surface area contributed by atoms with Gasteiger partial charge in [0.1, 0.15) is 0 Å². The molecule has 2 aromatic heterocycles. The first-order valence-electron chi connectivity index (χ1n) is 9.63. The summed E-state index contributed by atoms with van der Waals surface area (Å²) < 4.78 is 0. The normalized spacial score (nSPS) is 23.0. The van der Waals surface area contributed by atoms with Crippen LogP contribution in [-0.4, -0.2) is 27.6 Å². The number of allylic oxidation sites excluding steroid dienone is 6. The van der Waals surface area contributed by atoms with Gasteiger partial charge in [-0.05, 0) is 50.8 Å². The van der Waals surface area contributed by atoms with Gasteiger partial charge >= 0.3 is 0 Å². The Hall–Kier alpha value is -2.66. The maximum Gasteiger partial charge on any atom is 0.231 e. The molecule has 28 heavy (non-hydrogen) atoms. The number of hydrogen-bond acceptors (Lipinski definition) is 3. The number of anilines is 1. The third-order valence-corrected chi connectivity index (χ3v) is 5.66. The lowest BCUT2D eigenvalue weighted by Gasteiger charge is -2.15. The number of aromatic amines is 1. The summed E-state index contributed by atoms with van der Waals surface area (Å²) in [6, 6.07) is 3.87. The number of aromatic nitrogens is 3. The number of carbonyl (C=O) groups is 1. The van der Waals surface area contributed by atoms with Crippen molar-refractivity contribution in [2.45, 2.75) is 32.6 Å². The number of carbonyl (C=O) groups excluding carboxylic acids is 1. The number of halogens is 1. The average molecular weight is 395 g/mol. The molecule has 0 bridgehead atoms. The molecule has 4 rings (SSSR count). The Morgan fingerprint density at radius 2 is 2.00 bits per heavy atom. The first-order valence-corrected chi connectivity index (χ1v) is 10.0. The van der Waals surface area contributed by atoms with Crippen LogP contribution in [0.1, 0.15) is 31.2 Å². The van der Waals surface area contributed by atoms with Gasteiger partial charge in [-0.1, -0.05) is 35.4 Å². The van der Waals surface area contributed by atoms with E-state index in [1.807, 2.05) is 42.2 Å². The van der Waals surface area contributed by atoms with Crippen molar-refractivity contribution in [2.24, 2.45) is 5.92 Å². The maximum atomic E-state index is 13.1. The molecule has 0 radical (unpaired) electrons. The molecule has 144 valence electrons. The van der Waals surface area contributed by atoms with Gasteiger partial charge in [0.05, 0.1) is 5.69 Å². The molecule has 1 unspecified atom stereocenters. The molecular formula is C22H23ClN4O. The molecule has 0 spiro atoms. The van der Waals surface area contributed by atoms with Gasteiger partial charge < -0.3 is 0 Å². The topological polar surface area (TPSA) is 61.9 Å². The molecule has 1 N–H and O–H groups in total. The number of hydrogen-bond donors (Lipinski definition) is 1. The maximum absolute atomic E-state index is 13.1. The molecule has 0 aromatic carbocycles. The number of nitrogens with one attached hydrogen (secondary N) is 1. The van der Waals surface area contributed by atoms with E-state index in [9.17, 15) is 4.79 Å². The highest BCUT2D eigenvalue weighted by atomic mass is 35.5. The molecule has 5 nitrogen and oxygen atoms in total. The molecule has 1 fully saturated rings. The van der Waals surface area contributed by atoms with Crippen molar-refractivity contribution in [1.29, 1.82) is 0 Å². The average Bonchev–Trinajstić information content (AvgIpc) is 3.24. The lowest BCUT2D eigenvalue weighted by Crippen LogP contribution is -2.28. The lowest BCUT2D eigenvalue weighted by molar-refractivity contribution is -0.120. The van der Waals surface area contributed by atoms with Crippen molar-refractivity contribution in [3.05, 3.63) is 65.0 Å². The Balaban J connectivity index is 1.50. The van der Waals surface area contributed by atoms with E-state index in [1.165, 1.54) is 5.57 Å². The van der Waals surface area contributed by atoms with Gasteiger partial charge in [-0.2, -0.15) is 5.10 Å². The van der Waals surface area contributed by atoms with E-state index in [1.54, 1.807) is 12.4 Å². The van der Waals surface area contributed by atoms with Gasteiger partial charge in [-0.25, -0.2) is 0 Å². The van der Waals surface area contributed by atoms with E-state index >= 15 is 0 Å². The van der Waals surface area contributed by atoms with Crippen molar-refractivity contribution in [1.82, 2.24) is 15.2 Å². The van der Waals surface area contributed by atoms with Crippen LogP contribution in [0.4, 0.5) is 5.82 Å². The minimum Gasteiger partial charge on any atom is -0.295 e. The first-order chi connectivity index (χ1) is 13.6. The predicted molar refractivity (Wildman–Crippen MR) is 112 cm³/mol. The Morgan fingerprint density at radius 1 is 1.21 bits per heavy atom. The van der Waals surface area contributed by atoms with E-state index in [0.717, 1.165) is 53.4 Å². The van der Waals surface area contributed by atoms with Crippen molar-refractivity contribution >= 4 is 23.3 Å². The second-order valence-electron chi connectivity index (χ2n) is 7.24. The van der Waals surface area contributed by atoms with Gasteiger partial charge in [0.15, 0.2) is 5.82 Å². The Labute approximate surface area is 169 Å². The number of amides is 1. The summed E-state index contributed by atoms with van der Waals surface area (Å²) in [6.45, 7) is 2.70. The molecule has 2 aromatic rings. The zero-order valence-electron chi connectivity index (χ0n) is 15.9. The molecular weight excluding hydrogens is 372 g/mol. The van der Waals surface area contributed by atoms with E-state index < -0.39 is 0 Å². The SMILES string of the molecule is Cc1c(N2CCC(CC3=C/CCC=C(Cl)/C=C\3)C2=O)n[nH]c1-c1ccncc1. The van der Waals surface area contributed by atoms with E-state index in [0.29, 0.717) is 6.54 Å². The summed E-state index contributed by atoms with van der Waals surface area (Å²) in [5.41, 5.74) is 4.12. The van der Waals surface area contributed by atoms with Crippen LogP contribution >= 0.6 is 11.6 Å². The first kappa shape index (κ1) is 18.7. The fourth-order valence-corrected chi connectivity index (χ4v) is 4.01. The van der Waals surface area contributed by atoms with Crippen molar-refractivity contribution in [2.75, 3.05) is 11.4 Å². The van der Waals surface area contributed by atoms with Crippen LogP contribution in [0.2, 0.25) is 0 Å². The largest absolute Gasteiger partial charge is 0.295 e. The zero-order chi connectivity index (χ0) is 19.5. The fourth-order valence-electron chi connectivity index (χ4n) is 3.84. The summed E-state index contributed by atoms with van der Waals surface area (Å²) >= 11 is 6.13. The second-order valence-corrected chi connectivity index (χ2v) is 7.68. The molecule has 1 saturated heterocycles. The van der Waals surface area contributed by atoms with E-state index in [4.69, 9.17) is 11.6 Å². The van der Waals surface area contributed by atoms with E-state index in [-0.39, 0.29) is 11.8 Å². The van der Waals surface area contributed by atoms with Crippen LogP contribution in [0.5, 0.6) is 0 Å². The van der Waals surface area contributed by atoms with Crippen molar-refractivity contribution < 1.29 is 4.79 Å². The van der Waals surface area contributed by atoms with Crippen LogP contribution < -0.4 is 4.90 Å². The Bertz CT molecular complexity index is 958. The summed E-state index contributed by atoms with van der Waals surface area (Å²) in [6.07, 6.45) is 15.2.